The molecule has 0 radical (unpaired) electrons. The van der Waals surface area contributed by atoms with Crippen LogP contribution in [0.3, 0.4) is 0 Å². The number of halogens is 2. The number of hydrogen-bond acceptors (Lipinski definition) is 2. The van der Waals surface area contributed by atoms with Crippen molar-refractivity contribution in [2.45, 2.75) is 32.2 Å². The van der Waals surface area contributed by atoms with E-state index in [1.165, 1.54) is 27.9 Å². The Morgan fingerprint density at radius 2 is 2.00 bits per heavy atom. The van der Waals surface area contributed by atoms with Crippen LogP contribution in [0, 0.1) is 0 Å². The molecule has 1 heterocycles. The molecule has 15 heavy (non-hydrogen) atoms. The average Bonchev–Trinajstić information content (AvgIpc) is 2.63. The molecule has 0 bridgehead atoms. The summed E-state index contributed by atoms with van der Waals surface area (Å²) >= 11 is 10.9. The van der Waals surface area contributed by atoms with Crippen molar-refractivity contribution < 1.29 is 0 Å². The Morgan fingerprint density at radius 1 is 1.20 bits per heavy atom. The first-order valence-electron chi connectivity index (χ1n) is 5.34. The van der Waals surface area contributed by atoms with E-state index in [9.17, 15) is 0 Å². The smallest absolute Gasteiger partial charge is 0.0701 e. The first-order valence-corrected chi connectivity index (χ1v) is 7.48. The highest BCUT2D eigenvalue weighted by atomic mass is 79.9. The third-order valence-electron chi connectivity index (χ3n) is 2.17. The Bertz CT molecular complexity index is 265. The monoisotopic (exact) mass is 309 g/mol. The van der Waals surface area contributed by atoms with E-state index in [0.717, 1.165) is 25.4 Å². The maximum atomic E-state index is 5.61. The number of hydrogen-bond donors (Lipinski definition) is 1. The van der Waals surface area contributed by atoms with Gasteiger partial charge in [-0.05, 0) is 47.4 Å². The molecule has 0 aliphatic rings. The van der Waals surface area contributed by atoms with E-state index in [4.69, 9.17) is 11.6 Å². The van der Waals surface area contributed by atoms with Crippen molar-refractivity contribution in [3.63, 3.8) is 0 Å². The Morgan fingerprint density at radius 3 is 2.67 bits per heavy atom. The van der Waals surface area contributed by atoms with Crippen LogP contribution in [0.5, 0.6) is 0 Å². The fourth-order valence-electron chi connectivity index (χ4n) is 1.36. The first-order chi connectivity index (χ1) is 7.33. The van der Waals surface area contributed by atoms with E-state index in [-0.39, 0.29) is 0 Å². The van der Waals surface area contributed by atoms with Gasteiger partial charge < -0.3 is 5.32 Å². The SMILES string of the molecule is ClCCCCCCNCc1ccc(Br)s1. The van der Waals surface area contributed by atoms with Gasteiger partial charge >= 0.3 is 0 Å². The van der Waals surface area contributed by atoms with Crippen LogP contribution >= 0.6 is 38.9 Å². The number of rotatable bonds is 8. The molecule has 86 valence electrons. The van der Waals surface area contributed by atoms with E-state index >= 15 is 0 Å². The number of alkyl halides is 1. The largest absolute Gasteiger partial charge is 0.312 e. The van der Waals surface area contributed by atoms with E-state index in [1.54, 1.807) is 11.3 Å². The van der Waals surface area contributed by atoms with E-state index in [2.05, 4.69) is 33.4 Å². The lowest BCUT2D eigenvalue weighted by molar-refractivity contribution is 0.601. The standard InChI is InChI=1S/C11H17BrClNS/c12-11-6-5-10(15-11)9-14-8-4-2-1-3-7-13/h5-6,14H,1-4,7-9H2. The van der Waals surface area contributed by atoms with Gasteiger partial charge in [0, 0.05) is 17.3 Å². The molecule has 0 saturated carbocycles. The van der Waals surface area contributed by atoms with Gasteiger partial charge in [-0.3, -0.25) is 0 Å². The van der Waals surface area contributed by atoms with Crippen molar-refractivity contribution in [1.29, 1.82) is 0 Å². The van der Waals surface area contributed by atoms with Gasteiger partial charge in [-0.2, -0.15) is 0 Å². The van der Waals surface area contributed by atoms with Crippen LogP contribution in [0.25, 0.3) is 0 Å². The molecule has 1 rings (SSSR count). The van der Waals surface area contributed by atoms with Crippen molar-refractivity contribution in [3.05, 3.63) is 20.8 Å². The molecule has 0 aromatic carbocycles. The van der Waals surface area contributed by atoms with Crippen LogP contribution in [-0.4, -0.2) is 12.4 Å². The summed E-state index contributed by atoms with van der Waals surface area (Å²) < 4.78 is 1.21. The molecule has 0 aliphatic heterocycles. The van der Waals surface area contributed by atoms with Gasteiger partial charge in [0.25, 0.3) is 0 Å². The second kappa shape index (κ2) is 8.57. The van der Waals surface area contributed by atoms with Gasteiger partial charge in [-0.25, -0.2) is 0 Å². The molecular weight excluding hydrogens is 294 g/mol. The lowest BCUT2D eigenvalue weighted by Crippen LogP contribution is -2.13. The number of unbranched alkanes of at least 4 members (excludes halogenated alkanes) is 3. The summed E-state index contributed by atoms with van der Waals surface area (Å²) in [5, 5.41) is 3.45. The maximum Gasteiger partial charge on any atom is 0.0701 e. The maximum absolute atomic E-state index is 5.61. The van der Waals surface area contributed by atoms with Crippen molar-refractivity contribution >= 4 is 38.9 Å². The number of thiophene rings is 1. The Kier molecular flexibility index (Phi) is 7.71. The fraction of sp³-hybridized carbons (Fsp3) is 0.636. The minimum Gasteiger partial charge on any atom is -0.312 e. The summed E-state index contributed by atoms with van der Waals surface area (Å²) in [6.45, 7) is 2.10. The molecule has 1 nitrogen and oxygen atoms in total. The minimum absolute atomic E-state index is 0.802. The molecule has 1 aromatic heterocycles. The fourth-order valence-corrected chi connectivity index (χ4v) is 3.00. The van der Waals surface area contributed by atoms with Gasteiger partial charge in [-0.1, -0.05) is 12.8 Å². The molecule has 1 N–H and O–H groups in total. The Labute approximate surface area is 109 Å². The van der Waals surface area contributed by atoms with Crippen molar-refractivity contribution in [2.24, 2.45) is 0 Å². The molecule has 0 saturated heterocycles. The molecule has 0 atom stereocenters. The molecule has 4 heteroatoms. The summed E-state index contributed by atoms with van der Waals surface area (Å²) in [6, 6.07) is 4.26. The first kappa shape index (κ1) is 13.5. The van der Waals surface area contributed by atoms with Crippen LogP contribution < -0.4 is 5.32 Å². The van der Waals surface area contributed by atoms with Crippen molar-refractivity contribution in [3.8, 4) is 0 Å². The lowest BCUT2D eigenvalue weighted by Gasteiger charge is -2.02. The highest BCUT2D eigenvalue weighted by Gasteiger charge is 1.96. The molecule has 0 spiro atoms. The third-order valence-corrected chi connectivity index (χ3v) is 4.06. The molecule has 0 amide bonds. The molecule has 0 fully saturated rings. The highest BCUT2D eigenvalue weighted by molar-refractivity contribution is 9.11. The summed E-state index contributed by atoms with van der Waals surface area (Å²) in [5.41, 5.74) is 0. The van der Waals surface area contributed by atoms with Crippen LogP contribution in [0.2, 0.25) is 0 Å². The van der Waals surface area contributed by atoms with Crippen LogP contribution in [-0.2, 0) is 6.54 Å². The topological polar surface area (TPSA) is 12.0 Å². The van der Waals surface area contributed by atoms with Gasteiger partial charge in [0.1, 0.15) is 0 Å². The van der Waals surface area contributed by atoms with Gasteiger partial charge in [0.15, 0.2) is 0 Å². The zero-order valence-corrected chi connectivity index (χ0v) is 11.9. The van der Waals surface area contributed by atoms with Crippen LogP contribution in [0.4, 0.5) is 0 Å². The predicted molar refractivity (Wildman–Crippen MR) is 72.9 cm³/mol. The zero-order chi connectivity index (χ0) is 10.9. The Balaban J connectivity index is 1.93. The summed E-state index contributed by atoms with van der Waals surface area (Å²) in [4.78, 5) is 1.39. The number of nitrogens with one attached hydrogen (secondary N) is 1. The van der Waals surface area contributed by atoms with E-state index in [0.29, 0.717) is 0 Å². The summed E-state index contributed by atoms with van der Waals surface area (Å²) in [5.74, 6) is 0.802. The van der Waals surface area contributed by atoms with E-state index < -0.39 is 0 Å². The summed E-state index contributed by atoms with van der Waals surface area (Å²) in [6.07, 6.45) is 4.95. The third kappa shape index (κ3) is 6.56. The minimum atomic E-state index is 0.802. The Hall–Kier alpha value is 0.430. The van der Waals surface area contributed by atoms with Crippen LogP contribution in [0.1, 0.15) is 30.6 Å². The van der Waals surface area contributed by atoms with Gasteiger partial charge in [-0.15, -0.1) is 22.9 Å². The van der Waals surface area contributed by atoms with E-state index in [1.807, 2.05) is 0 Å². The molecule has 0 aliphatic carbocycles. The quantitative estimate of drug-likeness (QED) is 0.554. The molecular formula is C11H17BrClNS. The summed E-state index contributed by atoms with van der Waals surface area (Å²) in [7, 11) is 0. The van der Waals surface area contributed by atoms with Gasteiger partial charge in [0.2, 0.25) is 0 Å². The van der Waals surface area contributed by atoms with Gasteiger partial charge in [0.05, 0.1) is 3.79 Å². The second-order valence-corrected chi connectivity index (χ2v) is 6.41. The van der Waals surface area contributed by atoms with Crippen LogP contribution in [0.15, 0.2) is 15.9 Å². The second-order valence-electron chi connectivity index (χ2n) is 3.49. The normalized spacial score (nSPS) is 10.8. The molecule has 0 unspecified atom stereocenters. The lowest BCUT2D eigenvalue weighted by atomic mass is 10.2. The predicted octanol–water partition coefficient (Wildman–Crippen LogP) is 4.40. The average molecular weight is 311 g/mol. The van der Waals surface area contributed by atoms with Crippen molar-refractivity contribution in [2.75, 3.05) is 12.4 Å². The highest BCUT2D eigenvalue weighted by Crippen LogP contribution is 2.21. The van der Waals surface area contributed by atoms with Crippen molar-refractivity contribution in [1.82, 2.24) is 5.32 Å². The zero-order valence-electron chi connectivity index (χ0n) is 8.77. The molecule has 1 aromatic rings.